The molecule has 0 radical (unpaired) electrons. The third kappa shape index (κ3) is 5.74. The minimum Gasteiger partial charge on any atom is -0.478 e. The number of hydrogen-bond acceptors (Lipinski definition) is 3. The molecule has 6 heteroatoms. The van der Waals surface area contributed by atoms with Crippen molar-refractivity contribution >= 4 is 72.4 Å². The van der Waals surface area contributed by atoms with E-state index in [4.69, 9.17) is 0 Å². The number of hydrogen-bond donors (Lipinski definition) is 2. The molecule has 1 aromatic heterocycles. The van der Waals surface area contributed by atoms with Crippen LogP contribution in [0.15, 0.2) is 194 Å². The van der Waals surface area contributed by atoms with Gasteiger partial charge in [0, 0.05) is 33.5 Å². The molecular weight excluding hydrogens is 717 g/mol. The standard InChI is InChI=1S/C52H34N2O4/c55-51(56)35-23-19-33(20-24-35)49-42-16-7-8-17-43(42)50(34-21-25-36(26-22-34)52(57)58)46-32-39(27-29-44(46)49)53(37-11-3-1-4-12-37)40-28-30-48-45(31-40)41-15-9-10-18-47(41)54(48)38-13-5-2-6-14-38/h1-32H,(H,55,56)(H,57,58). The second-order valence-corrected chi connectivity index (χ2v) is 14.4. The Morgan fingerprint density at radius 3 is 1.41 bits per heavy atom. The second-order valence-electron chi connectivity index (χ2n) is 14.4. The second kappa shape index (κ2) is 14.0. The fraction of sp³-hybridized carbons (Fsp3) is 0. The highest BCUT2D eigenvalue weighted by Gasteiger charge is 2.22. The normalized spacial score (nSPS) is 11.4. The average molecular weight is 751 g/mol. The van der Waals surface area contributed by atoms with Crippen LogP contribution < -0.4 is 4.90 Å². The van der Waals surface area contributed by atoms with Gasteiger partial charge in [-0.05, 0) is 129 Å². The van der Waals surface area contributed by atoms with Gasteiger partial charge in [0.25, 0.3) is 0 Å². The van der Waals surface area contributed by atoms with Gasteiger partial charge in [0.2, 0.25) is 0 Å². The molecule has 0 aliphatic heterocycles. The van der Waals surface area contributed by atoms with Crippen LogP contribution in [0, 0.1) is 0 Å². The summed E-state index contributed by atoms with van der Waals surface area (Å²) in [6.45, 7) is 0. The van der Waals surface area contributed by atoms with E-state index in [1.165, 1.54) is 0 Å². The summed E-state index contributed by atoms with van der Waals surface area (Å²) >= 11 is 0. The summed E-state index contributed by atoms with van der Waals surface area (Å²) < 4.78 is 2.31. The van der Waals surface area contributed by atoms with Gasteiger partial charge in [-0.2, -0.15) is 0 Å². The molecule has 276 valence electrons. The van der Waals surface area contributed by atoms with Gasteiger partial charge in [0.15, 0.2) is 0 Å². The van der Waals surface area contributed by atoms with Gasteiger partial charge >= 0.3 is 11.9 Å². The number of carboxylic acid groups (broad SMARTS) is 2. The predicted molar refractivity (Wildman–Crippen MR) is 235 cm³/mol. The van der Waals surface area contributed by atoms with Gasteiger partial charge in [-0.1, -0.05) is 109 Å². The molecule has 0 fully saturated rings. The number of benzene rings is 9. The fourth-order valence-electron chi connectivity index (χ4n) is 8.47. The number of fused-ring (bicyclic) bond motifs is 5. The Balaban J connectivity index is 1.25. The summed E-state index contributed by atoms with van der Waals surface area (Å²) in [5.74, 6) is -1.96. The van der Waals surface area contributed by atoms with Gasteiger partial charge in [-0.25, -0.2) is 9.59 Å². The minimum absolute atomic E-state index is 0.215. The van der Waals surface area contributed by atoms with E-state index >= 15 is 0 Å². The van der Waals surface area contributed by atoms with E-state index in [0.29, 0.717) is 0 Å². The first kappa shape index (κ1) is 34.5. The Bertz CT molecular complexity index is 3210. The van der Waals surface area contributed by atoms with Crippen molar-refractivity contribution < 1.29 is 19.8 Å². The monoisotopic (exact) mass is 750 g/mol. The summed E-state index contributed by atoms with van der Waals surface area (Å²) in [6.07, 6.45) is 0. The minimum atomic E-state index is -0.980. The van der Waals surface area contributed by atoms with Crippen LogP contribution in [-0.4, -0.2) is 26.7 Å². The molecule has 0 unspecified atom stereocenters. The van der Waals surface area contributed by atoms with E-state index in [1.54, 1.807) is 24.3 Å². The first-order chi connectivity index (χ1) is 28.4. The SMILES string of the molecule is O=C(O)c1ccc(-c2c3ccccc3c(-c3ccc(C(=O)O)cc3)c3cc(N(c4ccccc4)c4ccc5c(c4)c4ccccc4n5-c4ccccc4)ccc23)cc1. The smallest absolute Gasteiger partial charge is 0.335 e. The molecular formula is C52H34N2O4. The number of nitrogens with zero attached hydrogens (tertiary/aromatic N) is 2. The van der Waals surface area contributed by atoms with Crippen molar-refractivity contribution in [1.82, 2.24) is 4.57 Å². The van der Waals surface area contributed by atoms with E-state index in [1.807, 2.05) is 60.7 Å². The third-order valence-electron chi connectivity index (χ3n) is 11.0. The Kier molecular flexibility index (Phi) is 8.31. The Labute approximate surface area is 333 Å². The van der Waals surface area contributed by atoms with E-state index < -0.39 is 11.9 Å². The zero-order chi connectivity index (χ0) is 39.3. The lowest BCUT2D eigenvalue weighted by atomic mass is 9.85. The summed E-state index contributed by atoms with van der Waals surface area (Å²) in [6, 6.07) is 64.8. The predicted octanol–water partition coefficient (Wildman–Crippen LogP) is 13.3. The van der Waals surface area contributed by atoms with Crippen molar-refractivity contribution in [2.45, 2.75) is 0 Å². The van der Waals surface area contributed by atoms with Gasteiger partial charge in [-0.3, -0.25) is 0 Å². The Hall–Kier alpha value is -7.96. The maximum atomic E-state index is 11.9. The molecule has 0 saturated heterocycles. The molecule has 9 aromatic carbocycles. The van der Waals surface area contributed by atoms with Crippen LogP contribution in [0.25, 0.3) is 71.3 Å². The van der Waals surface area contributed by atoms with Crippen LogP contribution >= 0.6 is 0 Å². The molecule has 0 bridgehead atoms. The topological polar surface area (TPSA) is 82.8 Å². The first-order valence-electron chi connectivity index (χ1n) is 19.0. The molecule has 0 saturated carbocycles. The lowest BCUT2D eigenvalue weighted by Crippen LogP contribution is -2.10. The molecule has 0 amide bonds. The van der Waals surface area contributed by atoms with Gasteiger partial charge in [0.05, 0.1) is 22.2 Å². The highest BCUT2D eigenvalue weighted by Crippen LogP contribution is 2.47. The number of aromatic nitrogens is 1. The Morgan fingerprint density at radius 1 is 0.379 bits per heavy atom. The molecule has 58 heavy (non-hydrogen) atoms. The van der Waals surface area contributed by atoms with Crippen molar-refractivity contribution in [2.24, 2.45) is 0 Å². The number of para-hydroxylation sites is 3. The number of aromatic carboxylic acids is 2. The molecule has 2 N–H and O–H groups in total. The summed E-state index contributed by atoms with van der Waals surface area (Å²) in [4.78, 5) is 26.0. The van der Waals surface area contributed by atoms with Crippen LogP contribution in [0.1, 0.15) is 20.7 Å². The van der Waals surface area contributed by atoms with Crippen LogP contribution in [0.5, 0.6) is 0 Å². The number of rotatable bonds is 8. The van der Waals surface area contributed by atoms with Crippen molar-refractivity contribution in [3.8, 4) is 27.9 Å². The number of anilines is 3. The van der Waals surface area contributed by atoms with Crippen molar-refractivity contribution in [1.29, 1.82) is 0 Å². The van der Waals surface area contributed by atoms with Gasteiger partial charge in [-0.15, -0.1) is 0 Å². The van der Waals surface area contributed by atoms with Crippen molar-refractivity contribution in [3.63, 3.8) is 0 Å². The summed E-state index contributed by atoms with van der Waals surface area (Å²) in [5.41, 5.74) is 10.4. The van der Waals surface area contributed by atoms with Crippen molar-refractivity contribution in [2.75, 3.05) is 4.90 Å². The van der Waals surface area contributed by atoms with Crippen LogP contribution in [-0.2, 0) is 0 Å². The summed E-state index contributed by atoms with van der Waals surface area (Å²) in [5, 5.41) is 25.7. The zero-order valence-electron chi connectivity index (χ0n) is 31.1. The third-order valence-corrected chi connectivity index (χ3v) is 11.0. The zero-order valence-corrected chi connectivity index (χ0v) is 31.1. The maximum Gasteiger partial charge on any atom is 0.335 e. The van der Waals surface area contributed by atoms with Crippen LogP contribution in [0.2, 0.25) is 0 Å². The average Bonchev–Trinajstić information content (AvgIpc) is 3.60. The molecule has 0 atom stereocenters. The van der Waals surface area contributed by atoms with Gasteiger partial charge < -0.3 is 19.7 Å². The molecule has 0 spiro atoms. The van der Waals surface area contributed by atoms with Crippen molar-refractivity contribution in [3.05, 3.63) is 205 Å². The number of carbonyl (C=O) groups is 2. The van der Waals surface area contributed by atoms with Crippen LogP contribution in [0.3, 0.4) is 0 Å². The van der Waals surface area contributed by atoms with E-state index in [0.717, 1.165) is 88.4 Å². The molecule has 10 aromatic rings. The highest BCUT2D eigenvalue weighted by molar-refractivity contribution is 6.22. The molecule has 6 nitrogen and oxygen atoms in total. The van der Waals surface area contributed by atoms with Crippen LogP contribution in [0.4, 0.5) is 17.1 Å². The molecule has 0 aliphatic carbocycles. The summed E-state index contributed by atoms with van der Waals surface area (Å²) in [7, 11) is 0. The highest BCUT2D eigenvalue weighted by atomic mass is 16.4. The lowest BCUT2D eigenvalue weighted by Gasteiger charge is -2.27. The quantitative estimate of drug-likeness (QED) is 0.151. The molecule has 10 rings (SSSR count). The number of carboxylic acids is 2. The van der Waals surface area contributed by atoms with E-state index in [2.05, 4.69) is 119 Å². The molecule has 1 heterocycles. The van der Waals surface area contributed by atoms with E-state index in [-0.39, 0.29) is 11.1 Å². The largest absolute Gasteiger partial charge is 0.478 e. The van der Waals surface area contributed by atoms with E-state index in [9.17, 15) is 19.8 Å². The lowest BCUT2D eigenvalue weighted by molar-refractivity contribution is 0.0686. The fourth-order valence-corrected chi connectivity index (χ4v) is 8.47. The molecule has 0 aliphatic rings. The van der Waals surface area contributed by atoms with Gasteiger partial charge in [0.1, 0.15) is 0 Å². The Morgan fingerprint density at radius 2 is 0.828 bits per heavy atom. The first-order valence-corrected chi connectivity index (χ1v) is 19.0. The maximum absolute atomic E-state index is 11.9.